The van der Waals surface area contributed by atoms with Crippen LogP contribution in [0.3, 0.4) is 0 Å². The van der Waals surface area contributed by atoms with Gasteiger partial charge in [-0.2, -0.15) is 31.4 Å². The van der Waals surface area contributed by atoms with Crippen LogP contribution in [0.15, 0.2) is 36.7 Å². The Morgan fingerprint density at radius 1 is 0.947 bits per heavy atom. The molecule has 0 unspecified atom stereocenters. The number of aromatic nitrogens is 2. The average Bonchev–Trinajstić information content (AvgIpc) is 3.27. The molecule has 1 amide bonds. The molecular weight excluding hydrogens is 516 g/mol. The zero-order valence-corrected chi connectivity index (χ0v) is 20.4. The average molecular weight is 541 g/mol. The van der Waals surface area contributed by atoms with E-state index in [1.165, 1.54) is 12.0 Å². The summed E-state index contributed by atoms with van der Waals surface area (Å²) >= 11 is 0. The zero-order chi connectivity index (χ0) is 27.2. The van der Waals surface area contributed by atoms with Gasteiger partial charge >= 0.3 is 12.4 Å². The molecule has 2 aliphatic heterocycles. The molecule has 3 aromatic rings. The van der Waals surface area contributed by atoms with Crippen molar-refractivity contribution < 1.29 is 35.9 Å². The van der Waals surface area contributed by atoms with Crippen molar-refractivity contribution in [2.24, 2.45) is 0 Å². The van der Waals surface area contributed by atoms with Crippen LogP contribution in [-0.4, -0.2) is 90.6 Å². The Bertz CT molecular complexity index is 1330. The molecule has 0 bridgehead atoms. The standard InChI is InChI=1S/C25H25F6N5O2/c1-38-21-11-17(10-16-4-5-35(15-25(29,30)31)23(37)22(16)21)19-12-32-36-13-18(2-3-20(19)36)34-8-6-33(7-9-34)14-24(26,27)28/h2-3,10-13H,4-9,14-15H2,1H3. The summed E-state index contributed by atoms with van der Waals surface area (Å²) in [6.45, 7) is -0.769. The van der Waals surface area contributed by atoms with E-state index in [-0.39, 0.29) is 24.3 Å². The molecule has 7 nitrogen and oxygen atoms in total. The Morgan fingerprint density at radius 2 is 1.66 bits per heavy atom. The molecule has 2 aliphatic rings. The lowest BCUT2D eigenvalue weighted by Gasteiger charge is -2.36. The molecule has 0 saturated carbocycles. The summed E-state index contributed by atoms with van der Waals surface area (Å²) in [5.74, 6) is -0.520. The number of alkyl halides is 6. The number of halogens is 6. The second-order valence-electron chi connectivity index (χ2n) is 9.46. The van der Waals surface area contributed by atoms with Gasteiger partial charge in [0.2, 0.25) is 0 Å². The summed E-state index contributed by atoms with van der Waals surface area (Å²) in [6, 6.07) is 7.15. The molecule has 1 aromatic carbocycles. The first-order valence-electron chi connectivity index (χ1n) is 12.0. The van der Waals surface area contributed by atoms with Crippen molar-refractivity contribution in [3.8, 4) is 16.9 Å². The van der Waals surface area contributed by atoms with E-state index in [0.717, 1.165) is 21.7 Å². The minimum atomic E-state index is -4.49. The minimum absolute atomic E-state index is 0.0493. The number of pyridine rings is 1. The number of ether oxygens (including phenoxy) is 1. The van der Waals surface area contributed by atoms with E-state index < -0.39 is 31.3 Å². The number of benzene rings is 1. The number of hydrogen-bond acceptors (Lipinski definition) is 5. The molecule has 4 heterocycles. The zero-order valence-electron chi connectivity index (χ0n) is 20.4. The summed E-state index contributed by atoms with van der Waals surface area (Å²) in [5, 5.41) is 4.44. The number of hydrogen-bond donors (Lipinski definition) is 0. The summed E-state index contributed by atoms with van der Waals surface area (Å²) in [5.41, 5.74) is 3.79. The first kappa shape index (κ1) is 26.1. The monoisotopic (exact) mass is 541 g/mol. The number of anilines is 1. The normalized spacial score (nSPS) is 17.3. The third-order valence-electron chi connectivity index (χ3n) is 6.88. The first-order chi connectivity index (χ1) is 17.9. The summed E-state index contributed by atoms with van der Waals surface area (Å²) in [7, 11) is 1.37. The number of fused-ring (bicyclic) bond motifs is 2. The molecule has 5 rings (SSSR count). The predicted molar refractivity (Wildman–Crippen MR) is 128 cm³/mol. The van der Waals surface area contributed by atoms with Gasteiger partial charge in [0.05, 0.1) is 42.8 Å². The van der Waals surface area contributed by atoms with E-state index >= 15 is 0 Å². The maximum absolute atomic E-state index is 12.9. The van der Waals surface area contributed by atoms with Gasteiger partial charge in [0.1, 0.15) is 12.3 Å². The lowest BCUT2D eigenvalue weighted by atomic mass is 9.93. The smallest absolute Gasteiger partial charge is 0.406 e. The second kappa shape index (κ2) is 9.68. The molecule has 2 aromatic heterocycles. The van der Waals surface area contributed by atoms with Crippen LogP contribution in [-0.2, 0) is 6.42 Å². The van der Waals surface area contributed by atoms with Gasteiger partial charge in [-0.25, -0.2) is 4.52 Å². The predicted octanol–water partition coefficient (Wildman–Crippen LogP) is 4.25. The highest BCUT2D eigenvalue weighted by Gasteiger charge is 2.37. The van der Waals surface area contributed by atoms with Crippen molar-refractivity contribution in [1.29, 1.82) is 0 Å². The number of rotatable bonds is 5. The highest BCUT2D eigenvalue weighted by atomic mass is 19.4. The van der Waals surface area contributed by atoms with Crippen LogP contribution in [0, 0.1) is 0 Å². The molecular formula is C25H25F6N5O2. The van der Waals surface area contributed by atoms with E-state index in [9.17, 15) is 31.1 Å². The SMILES string of the molecule is COc1cc(-c2cnn3cc(N4CCN(CC(F)(F)F)CC4)ccc23)cc2c1C(=O)N(CC(F)(F)F)CC2. The molecule has 0 N–H and O–H groups in total. The maximum atomic E-state index is 12.9. The van der Waals surface area contributed by atoms with Gasteiger partial charge in [-0.1, -0.05) is 0 Å². The van der Waals surface area contributed by atoms with Gasteiger partial charge in [0.25, 0.3) is 5.91 Å². The third kappa shape index (κ3) is 5.38. The molecule has 0 radical (unpaired) electrons. The summed E-state index contributed by atoms with van der Waals surface area (Å²) in [6.07, 6.45) is -4.99. The van der Waals surface area contributed by atoms with Crippen LogP contribution in [0.4, 0.5) is 32.0 Å². The Hall–Kier alpha value is -3.48. The van der Waals surface area contributed by atoms with Crippen LogP contribution in [0.25, 0.3) is 16.6 Å². The number of nitrogens with zero attached hydrogens (tertiary/aromatic N) is 5. The number of amides is 1. The largest absolute Gasteiger partial charge is 0.496 e. The fraction of sp³-hybridized carbons (Fsp3) is 0.440. The Kier molecular flexibility index (Phi) is 6.66. The third-order valence-corrected chi connectivity index (χ3v) is 6.88. The molecule has 1 fully saturated rings. The minimum Gasteiger partial charge on any atom is -0.496 e. The van der Waals surface area contributed by atoms with E-state index in [4.69, 9.17) is 4.74 Å². The second-order valence-corrected chi connectivity index (χ2v) is 9.46. The van der Waals surface area contributed by atoms with Gasteiger partial charge in [-0.3, -0.25) is 9.69 Å². The highest BCUT2D eigenvalue weighted by molar-refractivity contribution is 6.00. The van der Waals surface area contributed by atoms with Crippen LogP contribution in [0.2, 0.25) is 0 Å². The quantitative estimate of drug-likeness (QED) is 0.452. The van der Waals surface area contributed by atoms with Crippen molar-refractivity contribution in [3.63, 3.8) is 0 Å². The van der Waals surface area contributed by atoms with E-state index in [2.05, 4.69) is 5.10 Å². The van der Waals surface area contributed by atoms with Gasteiger partial charge in [0.15, 0.2) is 0 Å². The van der Waals surface area contributed by atoms with E-state index in [0.29, 0.717) is 37.3 Å². The molecule has 0 spiro atoms. The number of piperazine rings is 1. The Morgan fingerprint density at radius 3 is 2.32 bits per heavy atom. The summed E-state index contributed by atoms with van der Waals surface area (Å²) < 4.78 is 83.9. The van der Waals surface area contributed by atoms with Crippen LogP contribution in [0.1, 0.15) is 15.9 Å². The van der Waals surface area contributed by atoms with E-state index in [1.807, 2.05) is 23.2 Å². The number of methoxy groups -OCH3 is 1. The fourth-order valence-electron chi connectivity index (χ4n) is 5.11. The molecule has 13 heteroatoms. The molecule has 0 atom stereocenters. The van der Waals surface area contributed by atoms with Gasteiger partial charge < -0.3 is 14.5 Å². The molecule has 0 aliphatic carbocycles. The maximum Gasteiger partial charge on any atom is 0.406 e. The van der Waals surface area contributed by atoms with Gasteiger partial charge in [-0.15, -0.1) is 0 Å². The highest BCUT2D eigenvalue weighted by Crippen LogP contribution is 2.36. The van der Waals surface area contributed by atoms with Crippen molar-refractivity contribution in [1.82, 2.24) is 19.4 Å². The van der Waals surface area contributed by atoms with Crippen molar-refractivity contribution in [2.75, 3.05) is 57.8 Å². The first-order valence-corrected chi connectivity index (χ1v) is 12.0. The van der Waals surface area contributed by atoms with Gasteiger partial charge in [-0.05, 0) is 41.8 Å². The molecule has 1 saturated heterocycles. The van der Waals surface area contributed by atoms with E-state index in [1.54, 1.807) is 22.8 Å². The lowest BCUT2D eigenvalue weighted by Crippen LogP contribution is -2.49. The van der Waals surface area contributed by atoms with Crippen LogP contribution < -0.4 is 9.64 Å². The van der Waals surface area contributed by atoms with Crippen molar-refractivity contribution in [2.45, 2.75) is 18.8 Å². The van der Waals surface area contributed by atoms with Crippen LogP contribution >= 0.6 is 0 Å². The molecule has 204 valence electrons. The topological polar surface area (TPSA) is 53.3 Å². The Labute approximate surface area is 214 Å². The summed E-state index contributed by atoms with van der Waals surface area (Å²) in [4.78, 5) is 17.0. The Balaban J connectivity index is 1.38. The van der Waals surface area contributed by atoms with Crippen molar-refractivity contribution >= 4 is 17.1 Å². The van der Waals surface area contributed by atoms with Crippen LogP contribution in [0.5, 0.6) is 5.75 Å². The van der Waals surface area contributed by atoms with Crippen molar-refractivity contribution in [3.05, 3.63) is 47.8 Å². The molecule has 38 heavy (non-hydrogen) atoms. The lowest BCUT2D eigenvalue weighted by molar-refractivity contribution is -0.146. The number of carbonyl (C=O) groups is 1. The number of carbonyl (C=O) groups excluding carboxylic acids is 1. The van der Waals surface area contributed by atoms with Gasteiger partial charge in [0, 0.05) is 38.3 Å². The fourth-order valence-corrected chi connectivity index (χ4v) is 5.11.